The maximum Gasteiger partial charge on any atom is 0.321 e. The number of rotatable bonds is 8. The van der Waals surface area contributed by atoms with E-state index in [1.165, 1.54) is 7.11 Å². The Morgan fingerprint density at radius 2 is 2.06 bits per heavy atom. The van der Waals surface area contributed by atoms with Crippen LogP contribution in [0.3, 0.4) is 0 Å². The molecule has 6 N–H and O–H groups in total. The number of thioether (sulfide) groups is 1. The number of methoxy groups -OCH3 is 1. The molecule has 0 aromatic rings. The van der Waals surface area contributed by atoms with Crippen LogP contribution in [0.2, 0.25) is 0 Å². The number of hydrogen-bond acceptors (Lipinski definition) is 7. The molecule has 8 nitrogen and oxygen atoms in total. The lowest BCUT2D eigenvalue weighted by Crippen LogP contribution is -2.45. The van der Waals surface area contributed by atoms with Crippen molar-refractivity contribution in [3.63, 3.8) is 0 Å². The van der Waals surface area contributed by atoms with Gasteiger partial charge in [-0.2, -0.15) is 0 Å². The van der Waals surface area contributed by atoms with E-state index < -0.39 is 30.4 Å². The Labute approximate surface area is 102 Å². The van der Waals surface area contributed by atoms with Crippen molar-refractivity contribution in [3.05, 3.63) is 0 Å². The van der Waals surface area contributed by atoms with Crippen LogP contribution in [-0.2, 0) is 14.3 Å². The highest BCUT2D eigenvalue weighted by atomic mass is 32.2. The first-order chi connectivity index (χ1) is 7.88. The Morgan fingerprint density at radius 1 is 1.47 bits per heavy atom. The standard InChI is InChI=1S/C8H16N2O6S/c1-16-6(8(14)15)10-5(11)3-17-2-4(9)7(12)13/h4,6,8,14-15H,2-3,9H2,1H3,(H,10,11)(H,12,13)/t4-,6?/m1/s1. The first-order valence-corrected chi connectivity index (χ1v) is 5.78. The molecule has 0 saturated carbocycles. The van der Waals surface area contributed by atoms with E-state index in [9.17, 15) is 9.59 Å². The predicted octanol–water partition coefficient (Wildman–Crippen LogP) is -2.47. The lowest BCUT2D eigenvalue weighted by atomic mass is 10.4. The second kappa shape index (κ2) is 8.25. The van der Waals surface area contributed by atoms with Crippen LogP contribution in [0.5, 0.6) is 0 Å². The van der Waals surface area contributed by atoms with Crippen LogP contribution in [-0.4, -0.2) is 64.4 Å². The van der Waals surface area contributed by atoms with E-state index in [1.54, 1.807) is 0 Å². The maximum absolute atomic E-state index is 11.2. The van der Waals surface area contributed by atoms with Gasteiger partial charge in [-0.3, -0.25) is 9.59 Å². The van der Waals surface area contributed by atoms with Crippen LogP contribution in [0.25, 0.3) is 0 Å². The molecule has 0 aromatic heterocycles. The minimum Gasteiger partial charge on any atom is -0.480 e. The Hall–Kier alpha value is -0.870. The highest BCUT2D eigenvalue weighted by molar-refractivity contribution is 8.00. The highest BCUT2D eigenvalue weighted by Crippen LogP contribution is 2.02. The van der Waals surface area contributed by atoms with Gasteiger partial charge in [0.25, 0.3) is 0 Å². The summed E-state index contributed by atoms with van der Waals surface area (Å²) in [6.45, 7) is 0. The Bertz CT molecular complexity index is 262. The summed E-state index contributed by atoms with van der Waals surface area (Å²) < 4.78 is 4.59. The molecule has 0 rings (SSSR count). The van der Waals surface area contributed by atoms with Crippen molar-refractivity contribution in [1.29, 1.82) is 0 Å². The van der Waals surface area contributed by atoms with Crippen LogP contribution in [0.4, 0.5) is 0 Å². The van der Waals surface area contributed by atoms with Gasteiger partial charge in [-0.1, -0.05) is 0 Å². The molecule has 100 valence electrons. The molecule has 2 atom stereocenters. The molecule has 1 unspecified atom stereocenters. The first-order valence-electron chi connectivity index (χ1n) is 4.63. The van der Waals surface area contributed by atoms with E-state index in [2.05, 4.69) is 10.1 Å². The smallest absolute Gasteiger partial charge is 0.321 e. The minimum atomic E-state index is -1.82. The van der Waals surface area contributed by atoms with Gasteiger partial charge in [0.05, 0.1) is 5.75 Å². The molecule has 0 aliphatic carbocycles. The first kappa shape index (κ1) is 16.1. The summed E-state index contributed by atoms with van der Waals surface area (Å²) in [6.07, 6.45) is -3.04. The minimum absolute atomic E-state index is 0.0481. The number of carbonyl (C=O) groups excluding carboxylic acids is 1. The maximum atomic E-state index is 11.2. The van der Waals surface area contributed by atoms with Crippen molar-refractivity contribution in [2.75, 3.05) is 18.6 Å². The molecule has 0 spiro atoms. The Balaban J connectivity index is 3.83. The fourth-order valence-corrected chi connectivity index (χ4v) is 1.59. The summed E-state index contributed by atoms with van der Waals surface area (Å²) in [4.78, 5) is 21.6. The van der Waals surface area contributed by atoms with E-state index in [0.717, 1.165) is 11.8 Å². The van der Waals surface area contributed by atoms with Crippen molar-refractivity contribution in [1.82, 2.24) is 5.32 Å². The van der Waals surface area contributed by atoms with E-state index in [0.29, 0.717) is 0 Å². The highest BCUT2D eigenvalue weighted by Gasteiger charge is 2.18. The lowest BCUT2D eigenvalue weighted by Gasteiger charge is -2.18. The van der Waals surface area contributed by atoms with E-state index in [4.69, 9.17) is 21.1 Å². The van der Waals surface area contributed by atoms with E-state index in [1.807, 2.05) is 0 Å². The number of aliphatic hydroxyl groups excluding tert-OH is 1. The van der Waals surface area contributed by atoms with Gasteiger partial charge in [-0.05, 0) is 0 Å². The molecule has 0 bridgehead atoms. The number of amides is 1. The van der Waals surface area contributed by atoms with Gasteiger partial charge in [0.2, 0.25) is 5.91 Å². The topological polar surface area (TPSA) is 142 Å². The summed E-state index contributed by atoms with van der Waals surface area (Å²) in [7, 11) is 1.21. The van der Waals surface area contributed by atoms with Crippen molar-refractivity contribution in [3.8, 4) is 0 Å². The monoisotopic (exact) mass is 268 g/mol. The Morgan fingerprint density at radius 3 is 2.47 bits per heavy atom. The molecule has 0 heterocycles. The number of carbonyl (C=O) groups is 2. The normalized spacial score (nSPS) is 14.4. The van der Waals surface area contributed by atoms with Crippen LogP contribution in [0.15, 0.2) is 0 Å². The summed E-state index contributed by atoms with van der Waals surface area (Å²) in [5.74, 6) is -1.61. The molecule has 0 aliphatic rings. The van der Waals surface area contributed by atoms with Gasteiger partial charge >= 0.3 is 5.97 Å². The fourth-order valence-electron chi connectivity index (χ4n) is 0.805. The fraction of sp³-hybridized carbons (Fsp3) is 0.750. The third-order valence-corrected chi connectivity index (χ3v) is 2.74. The van der Waals surface area contributed by atoms with E-state index in [-0.39, 0.29) is 11.5 Å². The third kappa shape index (κ3) is 7.13. The van der Waals surface area contributed by atoms with Gasteiger partial charge in [0.1, 0.15) is 6.04 Å². The SMILES string of the molecule is COC(NC(=O)CSC[C@@H](N)C(=O)O)C(O)O. The van der Waals surface area contributed by atoms with Crippen LogP contribution in [0.1, 0.15) is 0 Å². The molecule has 9 heteroatoms. The molecular weight excluding hydrogens is 252 g/mol. The number of aliphatic hydroxyl groups is 2. The molecular formula is C8H16N2O6S. The van der Waals surface area contributed by atoms with E-state index >= 15 is 0 Å². The zero-order valence-corrected chi connectivity index (χ0v) is 10.0. The van der Waals surface area contributed by atoms with Gasteiger partial charge < -0.3 is 31.1 Å². The third-order valence-electron chi connectivity index (χ3n) is 1.68. The number of ether oxygens (including phenoxy) is 1. The van der Waals surface area contributed by atoms with Crippen molar-refractivity contribution >= 4 is 23.6 Å². The van der Waals surface area contributed by atoms with Crippen molar-refractivity contribution in [2.24, 2.45) is 5.73 Å². The van der Waals surface area contributed by atoms with Crippen LogP contribution in [0, 0.1) is 0 Å². The summed E-state index contributed by atoms with van der Waals surface area (Å²) in [6, 6.07) is -1.03. The van der Waals surface area contributed by atoms with Gasteiger partial charge in [-0.15, -0.1) is 11.8 Å². The van der Waals surface area contributed by atoms with Crippen molar-refractivity contribution in [2.45, 2.75) is 18.6 Å². The quantitative estimate of drug-likeness (QED) is 0.305. The molecule has 17 heavy (non-hydrogen) atoms. The van der Waals surface area contributed by atoms with Crippen molar-refractivity contribution < 1.29 is 29.6 Å². The molecule has 0 aromatic carbocycles. The van der Waals surface area contributed by atoms with Gasteiger partial charge in [-0.25, -0.2) is 0 Å². The summed E-state index contributed by atoms with van der Waals surface area (Å²) in [5.41, 5.74) is 5.22. The second-order valence-electron chi connectivity index (χ2n) is 3.10. The van der Waals surface area contributed by atoms with Crippen LogP contribution >= 0.6 is 11.8 Å². The number of carboxylic acid groups (broad SMARTS) is 1. The molecule has 0 radical (unpaired) electrons. The molecule has 0 aliphatic heterocycles. The lowest BCUT2D eigenvalue weighted by molar-refractivity contribution is -0.155. The average molecular weight is 268 g/mol. The zero-order valence-electron chi connectivity index (χ0n) is 9.20. The second-order valence-corrected chi connectivity index (χ2v) is 4.13. The molecule has 0 fully saturated rings. The summed E-state index contributed by atoms with van der Waals surface area (Å²) in [5, 5.41) is 28.2. The number of nitrogens with two attached hydrogens (primary N) is 1. The zero-order chi connectivity index (χ0) is 13.4. The van der Waals surface area contributed by atoms with Gasteiger partial charge in [0.15, 0.2) is 12.5 Å². The number of nitrogens with one attached hydrogen (secondary N) is 1. The van der Waals surface area contributed by atoms with Crippen LogP contribution < -0.4 is 11.1 Å². The Kier molecular flexibility index (Phi) is 7.83. The number of carboxylic acids is 1. The predicted molar refractivity (Wildman–Crippen MR) is 60.1 cm³/mol. The number of hydrogen-bond donors (Lipinski definition) is 5. The van der Waals surface area contributed by atoms with Gasteiger partial charge in [0, 0.05) is 12.9 Å². The molecule has 1 amide bonds. The largest absolute Gasteiger partial charge is 0.480 e. The summed E-state index contributed by atoms with van der Waals surface area (Å²) >= 11 is 1.03. The number of aliphatic carboxylic acids is 1. The average Bonchev–Trinajstić information content (AvgIpc) is 2.25. The molecule has 0 saturated heterocycles.